The molecule has 2 heterocycles. The van der Waals surface area contributed by atoms with Crippen LogP contribution in [-0.4, -0.2) is 41.5 Å². The summed E-state index contributed by atoms with van der Waals surface area (Å²) in [6, 6.07) is 5.03. The van der Waals surface area contributed by atoms with Crippen LogP contribution in [0.3, 0.4) is 0 Å². The molecule has 0 saturated carbocycles. The van der Waals surface area contributed by atoms with E-state index in [9.17, 15) is 23.9 Å². The van der Waals surface area contributed by atoms with Crippen LogP contribution in [0.15, 0.2) is 30.5 Å². The highest BCUT2D eigenvalue weighted by atomic mass is 19.2. The minimum absolute atomic E-state index is 0.0817. The number of ether oxygens (including phenoxy) is 2. The van der Waals surface area contributed by atoms with Crippen molar-refractivity contribution >= 4 is 11.6 Å². The summed E-state index contributed by atoms with van der Waals surface area (Å²) in [4.78, 5) is 13.1. The van der Waals surface area contributed by atoms with Gasteiger partial charge in [-0.3, -0.25) is 4.79 Å². The van der Waals surface area contributed by atoms with Crippen molar-refractivity contribution in [2.45, 2.75) is 44.5 Å². The summed E-state index contributed by atoms with van der Waals surface area (Å²) in [6.07, 6.45) is -1.40. The van der Waals surface area contributed by atoms with Gasteiger partial charge in [0.25, 0.3) is 5.91 Å². The highest BCUT2D eigenvalue weighted by Crippen LogP contribution is 2.49. The molecule has 1 fully saturated rings. The van der Waals surface area contributed by atoms with Gasteiger partial charge in [0.1, 0.15) is 11.8 Å². The van der Waals surface area contributed by atoms with E-state index in [1.54, 1.807) is 13.8 Å². The molecule has 2 aromatic rings. The van der Waals surface area contributed by atoms with E-state index in [-0.39, 0.29) is 23.0 Å². The van der Waals surface area contributed by atoms with Crippen LogP contribution >= 0.6 is 0 Å². The summed E-state index contributed by atoms with van der Waals surface area (Å²) < 4.78 is 39.6. The molecular weight excluding hydrogens is 426 g/mol. The van der Waals surface area contributed by atoms with Crippen LogP contribution in [0.25, 0.3) is 0 Å². The van der Waals surface area contributed by atoms with Gasteiger partial charge in [0.2, 0.25) is 17.7 Å². The summed E-state index contributed by atoms with van der Waals surface area (Å²) >= 11 is 0. The Balaban J connectivity index is 1.94. The first-order valence-corrected chi connectivity index (χ1v) is 10.0. The minimum Gasteiger partial charge on any atom is -0.618 e. The first-order chi connectivity index (χ1) is 15.0. The summed E-state index contributed by atoms with van der Waals surface area (Å²) in [5.74, 6) is -4.03. The van der Waals surface area contributed by atoms with Crippen molar-refractivity contribution in [3.05, 3.63) is 58.6 Å². The van der Waals surface area contributed by atoms with Gasteiger partial charge < -0.3 is 30.2 Å². The van der Waals surface area contributed by atoms with Gasteiger partial charge >= 0.3 is 0 Å². The molecule has 0 radical (unpaired) electrons. The number of carbonyl (C=O) groups excluding carboxylic acids is 1. The van der Waals surface area contributed by atoms with E-state index in [1.165, 1.54) is 25.3 Å². The van der Waals surface area contributed by atoms with Crippen molar-refractivity contribution in [1.82, 2.24) is 0 Å². The average Bonchev–Trinajstić information content (AvgIpc) is 2.99. The van der Waals surface area contributed by atoms with Crippen molar-refractivity contribution in [3.8, 4) is 5.75 Å². The number of nitrogens with zero attached hydrogens (tertiary/aromatic N) is 1. The monoisotopic (exact) mass is 452 g/mol. The lowest BCUT2D eigenvalue weighted by Crippen LogP contribution is -2.37. The quantitative estimate of drug-likeness (QED) is 0.457. The van der Waals surface area contributed by atoms with Crippen LogP contribution in [0.4, 0.5) is 14.5 Å². The number of amides is 1. The predicted molar refractivity (Wildman–Crippen MR) is 110 cm³/mol. The number of aromatic nitrogens is 1. The molecule has 0 spiro atoms. The first-order valence-electron chi connectivity index (χ1n) is 10.0. The molecule has 1 aromatic carbocycles. The maximum Gasteiger partial charge on any atom is 0.254 e. The van der Waals surface area contributed by atoms with Crippen LogP contribution in [0, 0.1) is 22.8 Å². The molecule has 0 bridgehead atoms. The lowest BCUT2D eigenvalue weighted by atomic mass is 9.78. The van der Waals surface area contributed by atoms with Gasteiger partial charge in [-0.05, 0) is 31.9 Å². The fourth-order valence-corrected chi connectivity index (χ4v) is 4.00. The number of hydrogen-bond donors (Lipinski definition) is 3. The molecule has 4 atom stereocenters. The smallest absolute Gasteiger partial charge is 0.254 e. The number of halogens is 2. The third-order valence-corrected chi connectivity index (χ3v) is 6.02. The number of nitrogens with one attached hydrogen (secondary N) is 1. The Kier molecular flexibility index (Phi) is 6.68. The highest BCUT2D eigenvalue weighted by molar-refractivity contribution is 5.95. The fourth-order valence-electron chi connectivity index (χ4n) is 4.00. The van der Waals surface area contributed by atoms with E-state index in [0.29, 0.717) is 10.3 Å². The zero-order chi connectivity index (χ0) is 23.8. The topological polar surface area (TPSA) is 115 Å². The fraction of sp³-hybridized carbons (Fsp3) is 0.455. The average molecular weight is 452 g/mol. The zero-order valence-corrected chi connectivity index (χ0v) is 18.1. The predicted octanol–water partition coefficient (Wildman–Crippen LogP) is 2.17. The Morgan fingerprint density at radius 2 is 2.03 bits per heavy atom. The maximum atomic E-state index is 14.4. The number of rotatable bonds is 6. The molecule has 8 nitrogen and oxygen atoms in total. The molecule has 174 valence electrons. The second-order valence-electron chi connectivity index (χ2n) is 8.30. The normalized spacial score (nSPS) is 23.1. The Labute approximate surface area is 184 Å². The van der Waals surface area contributed by atoms with Crippen LogP contribution in [0.5, 0.6) is 5.75 Å². The van der Waals surface area contributed by atoms with E-state index >= 15 is 0 Å². The molecule has 1 aliphatic heterocycles. The van der Waals surface area contributed by atoms with Crippen molar-refractivity contribution < 1.29 is 38.0 Å². The van der Waals surface area contributed by atoms with Gasteiger partial charge in [-0.25, -0.2) is 4.39 Å². The van der Waals surface area contributed by atoms with E-state index in [2.05, 4.69) is 5.32 Å². The van der Waals surface area contributed by atoms with Crippen molar-refractivity contribution in [2.75, 3.05) is 19.0 Å². The third kappa shape index (κ3) is 4.25. The van der Waals surface area contributed by atoms with Gasteiger partial charge in [0.15, 0.2) is 17.7 Å². The number of methoxy groups -OCH3 is 1. The van der Waals surface area contributed by atoms with Gasteiger partial charge in [0, 0.05) is 17.5 Å². The molecular formula is C22H26F2N2O6. The van der Waals surface area contributed by atoms with Crippen LogP contribution < -0.4 is 14.8 Å². The molecule has 1 saturated heterocycles. The standard InChI is InChI=1S/C22H26F2N2O6/c1-11-17(13-6-7-14(23)18(24)19(13)31-4)20(32-22(11,2)3)21(29)25-12-5-8-15(16(28)10-27)26(30)9-12/h5-9,11,16-17,20,27-28H,10H2,1-4H3,(H,25,29)/t11-,16-,17-,20+/m0/s1. The number of hydrogen-bond acceptors (Lipinski definition) is 6. The molecule has 10 heteroatoms. The minimum atomic E-state index is -1.36. The zero-order valence-electron chi connectivity index (χ0n) is 18.1. The van der Waals surface area contributed by atoms with Gasteiger partial charge in [-0.15, -0.1) is 0 Å². The van der Waals surface area contributed by atoms with Crippen LogP contribution in [-0.2, 0) is 9.53 Å². The summed E-state index contributed by atoms with van der Waals surface area (Å²) in [6.45, 7) is 4.80. The number of aliphatic hydroxyl groups excluding tert-OH is 2. The van der Waals surface area contributed by atoms with Crippen LogP contribution in [0.1, 0.15) is 44.1 Å². The Hall–Kier alpha value is -2.82. The highest BCUT2D eigenvalue weighted by Gasteiger charge is 2.51. The van der Waals surface area contributed by atoms with E-state index in [1.807, 2.05) is 6.92 Å². The lowest BCUT2D eigenvalue weighted by molar-refractivity contribution is -0.618. The maximum absolute atomic E-state index is 14.4. The summed E-state index contributed by atoms with van der Waals surface area (Å²) in [5, 5.41) is 33.4. The summed E-state index contributed by atoms with van der Waals surface area (Å²) in [5.41, 5.74) is -0.418. The molecule has 3 N–H and O–H groups in total. The Morgan fingerprint density at radius 3 is 2.62 bits per heavy atom. The van der Waals surface area contributed by atoms with E-state index in [4.69, 9.17) is 14.6 Å². The first kappa shape index (κ1) is 23.8. The lowest BCUT2D eigenvalue weighted by Gasteiger charge is -2.25. The largest absolute Gasteiger partial charge is 0.618 e. The Bertz CT molecular complexity index is 1020. The molecule has 1 aliphatic rings. The SMILES string of the molecule is COc1c([C@H]2[C@H](C(=O)Nc3ccc([C@@H](O)CO)[n+]([O-])c3)OC(C)(C)[C@H]2C)ccc(F)c1F. The molecule has 32 heavy (non-hydrogen) atoms. The molecule has 1 aromatic heterocycles. The molecule has 0 aliphatic carbocycles. The number of benzene rings is 1. The molecule has 1 amide bonds. The number of carbonyl (C=O) groups is 1. The number of aliphatic hydroxyl groups is 2. The number of anilines is 1. The Morgan fingerprint density at radius 1 is 1.34 bits per heavy atom. The second-order valence-corrected chi connectivity index (χ2v) is 8.30. The van der Waals surface area contributed by atoms with Gasteiger partial charge in [0.05, 0.1) is 19.3 Å². The van der Waals surface area contributed by atoms with Gasteiger partial charge in [-0.1, -0.05) is 13.0 Å². The second kappa shape index (κ2) is 8.97. The van der Waals surface area contributed by atoms with Crippen LogP contribution in [0.2, 0.25) is 0 Å². The number of pyridine rings is 1. The molecule has 0 unspecified atom stereocenters. The summed E-state index contributed by atoms with van der Waals surface area (Å²) in [7, 11) is 1.22. The third-order valence-electron chi connectivity index (χ3n) is 6.02. The molecule has 3 rings (SSSR count). The van der Waals surface area contributed by atoms with E-state index in [0.717, 1.165) is 12.3 Å². The van der Waals surface area contributed by atoms with Crippen molar-refractivity contribution in [2.24, 2.45) is 5.92 Å². The van der Waals surface area contributed by atoms with E-state index < -0.39 is 47.9 Å². The van der Waals surface area contributed by atoms with Gasteiger partial charge in [-0.2, -0.15) is 9.12 Å². The van der Waals surface area contributed by atoms with Crippen molar-refractivity contribution in [3.63, 3.8) is 0 Å². The van der Waals surface area contributed by atoms with Crippen molar-refractivity contribution in [1.29, 1.82) is 0 Å².